The predicted molar refractivity (Wildman–Crippen MR) is 61.2 cm³/mol. The monoisotopic (exact) mass is 225 g/mol. The van der Waals surface area contributed by atoms with Gasteiger partial charge in [-0.25, -0.2) is 10.2 Å². The Balaban J connectivity index is 2.90. The average molecular weight is 226 g/mol. The van der Waals surface area contributed by atoms with Crippen LogP contribution in [0.2, 0.25) is 5.02 Å². The van der Waals surface area contributed by atoms with Crippen molar-refractivity contribution in [3.05, 3.63) is 33.8 Å². The van der Waals surface area contributed by atoms with Crippen LogP contribution < -0.4 is 11.2 Å². The minimum absolute atomic E-state index is 0.686. The van der Waals surface area contributed by atoms with E-state index in [4.69, 9.17) is 17.3 Å². The molecule has 0 fully saturated rings. The number of carbonyl (C=O) groups is 1. The van der Waals surface area contributed by atoms with Crippen molar-refractivity contribution in [3.63, 3.8) is 0 Å². The Morgan fingerprint density at radius 3 is 2.73 bits per heavy atom. The molecule has 0 bridgehead atoms. The lowest BCUT2D eigenvalue weighted by atomic mass is 10.1. The molecule has 1 aromatic carbocycles. The number of hydrazone groups is 1. The fourth-order valence-corrected chi connectivity index (χ4v) is 1.33. The number of urea groups is 1. The van der Waals surface area contributed by atoms with Gasteiger partial charge in [-0.05, 0) is 42.7 Å². The third-order valence-electron chi connectivity index (χ3n) is 1.93. The smallest absolute Gasteiger partial charge is 0.332 e. The van der Waals surface area contributed by atoms with Gasteiger partial charge in [0.05, 0.1) is 6.21 Å². The topological polar surface area (TPSA) is 67.5 Å². The number of rotatable bonds is 2. The molecule has 0 heterocycles. The lowest BCUT2D eigenvalue weighted by Gasteiger charge is -2.03. The summed E-state index contributed by atoms with van der Waals surface area (Å²) in [5.41, 5.74) is 9.84. The second-order valence-electron chi connectivity index (χ2n) is 3.19. The van der Waals surface area contributed by atoms with Gasteiger partial charge in [-0.1, -0.05) is 11.6 Å². The molecular formula is C10H12ClN3O. The van der Waals surface area contributed by atoms with Crippen LogP contribution in [-0.4, -0.2) is 12.2 Å². The summed E-state index contributed by atoms with van der Waals surface area (Å²) < 4.78 is 0. The molecule has 0 radical (unpaired) electrons. The van der Waals surface area contributed by atoms with Gasteiger partial charge in [-0.2, -0.15) is 5.10 Å². The number of nitrogens with one attached hydrogen (secondary N) is 1. The van der Waals surface area contributed by atoms with Gasteiger partial charge in [0, 0.05) is 5.02 Å². The largest absolute Gasteiger partial charge is 0.350 e. The fourth-order valence-electron chi connectivity index (χ4n) is 1.11. The molecule has 4 nitrogen and oxygen atoms in total. The molecule has 0 spiro atoms. The van der Waals surface area contributed by atoms with E-state index in [1.807, 2.05) is 26.0 Å². The van der Waals surface area contributed by atoms with Gasteiger partial charge in [-0.15, -0.1) is 0 Å². The highest BCUT2D eigenvalue weighted by atomic mass is 35.5. The number of nitrogens with zero attached hydrogens (tertiary/aromatic N) is 1. The number of aryl methyl sites for hydroxylation is 2. The SMILES string of the molecule is Cc1cc(C=NNC(N)=O)c(C)cc1Cl. The van der Waals surface area contributed by atoms with Gasteiger partial charge in [0.2, 0.25) is 0 Å². The minimum Gasteiger partial charge on any atom is -0.350 e. The molecule has 0 saturated heterocycles. The summed E-state index contributed by atoms with van der Waals surface area (Å²) in [6.07, 6.45) is 1.53. The van der Waals surface area contributed by atoms with E-state index in [0.29, 0.717) is 5.02 Å². The van der Waals surface area contributed by atoms with Gasteiger partial charge in [0.15, 0.2) is 0 Å². The number of halogens is 1. The van der Waals surface area contributed by atoms with Gasteiger partial charge in [0.1, 0.15) is 0 Å². The lowest BCUT2D eigenvalue weighted by molar-refractivity contribution is 0.249. The fraction of sp³-hybridized carbons (Fsp3) is 0.200. The third kappa shape index (κ3) is 3.25. The first kappa shape index (κ1) is 11.5. The van der Waals surface area contributed by atoms with Crippen molar-refractivity contribution in [3.8, 4) is 0 Å². The second kappa shape index (κ2) is 4.79. The van der Waals surface area contributed by atoms with Gasteiger partial charge in [0.25, 0.3) is 0 Å². The van der Waals surface area contributed by atoms with E-state index in [1.165, 1.54) is 6.21 Å². The quantitative estimate of drug-likeness (QED) is 0.586. The number of amides is 2. The average Bonchev–Trinajstić information content (AvgIpc) is 2.13. The number of hydrogen-bond acceptors (Lipinski definition) is 2. The van der Waals surface area contributed by atoms with E-state index >= 15 is 0 Å². The predicted octanol–water partition coefficient (Wildman–Crippen LogP) is 1.96. The molecular weight excluding hydrogens is 214 g/mol. The van der Waals surface area contributed by atoms with Crippen LogP contribution in [0.3, 0.4) is 0 Å². The molecule has 5 heteroatoms. The Bertz CT molecular complexity index is 415. The number of primary amides is 1. The maximum Gasteiger partial charge on any atom is 0.332 e. The molecule has 0 saturated carbocycles. The summed E-state index contributed by atoms with van der Waals surface area (Å²) in [4.78, 5) is 10.4. The summed E-state index contributed by atoms with van der Waals surface area (Å²) >= 11 is 5.94. The zero-order valence-electron chi connectivity index (χ0n) is 8.54. The number of carbonyl (C=O) groups excluding carboxylic acids is 1. The minimum atomic E-state index is -0.686. The zero-order valence-corrected chi connectivity index (χ0v) is 9.30. The van der Waals surface area contributed by atoms with Gasteiger partial charge >= 0.3 is 6.03 Å². The van der Waals surface area contributed by atoms with Crippen LogP contribution in [0, 0.1) is 13.8 Å². The molecule has 0 aliphatic heterocycles. The van der Waals surface area contributed by atoms with Crippen LogP contribution in [0.1, 0.15) is 16.7 Å². The van der Waals surface area contributed by atoms with E-state index in [2.05, 4.69) is 10.5 Å². The molecule has 0 aromatic heterocycles. The van der Waals surface area contributed by atoms with Crippen LogP contribution in [0.5, 0.6) is 0 Å². The molecule has 0 aliphatic carbocycles. The van der Waals surface area contributed by atoms with Crippen molar-refractivity contribution in [1.82, 2.24) is 5.43 Å². The Labute approximate surface area is 93.1 Å². The number of hydrogen-bond donors (Lipinski definition) is 2. The number of nitrogens with two attached hydrogens (primary N) is 1. The van der Waals surface area contributed by atoms with E-state index in [1.54, 1.807) is 0 Å². The van der Waals surface area contributed by atoms with Crippen molar-refractivity contribution < 1.29 is 4.79 Å². The van der Waals surface area contributed by atoms with E-state index in [9.17, 15) is 4.79 Å². The Morgan fingerprint density at radius 1 is 1.47 bits per heavy atom. The van der Waals surface area contributed by atoms with Crippen molar-refractivity contribution in [2.75, 3.05) is 0 Å². The molecule has 0 unspecified atom stereocenters. The highest BCUT2D eigenvalue weighted by Gasteiger charge is 2.00. The van der Waals surface area contributed by atoms with E-state index in [-0.39, 0.29) is 0 Å². The molecule has 15 heavy (non-hydrogen) atoms. The molecule has 0 atom stereocenters. The summed E-state index contributed by atoms with van der Waals surface area (Å²) in [6.45, 7) is 3.82. The van der Waals surface area contributed by atoms with Gasteiger partial charge in [-0.3, -0.25) is 0 Å². The van der Waals surface area contributed by atoms with E-state index in [0.717, 1.165) is 16.7 Å². The Morgan fingerprint density at radius 2 is 2.13 bits per heavy atom. The normalized spacial score (nSPS) is 10.6. The Hall–Kier alpha value is -1.55. The van der Waals surface area contributed by atoms with Crippen LogP contribution in [0.15, 0.2) is 17.2 Å². The molecule has 2 amide bonds. The van der Waals surface area contributed by atoms with Crippen molar-refractivity contribution in [1.29, 1.82) is 0 Å². The summed E-state index contributed by atoms with van der Waals surface area (Å²) in [5, 5.41) is 4.40. The van der Waals surface area contributed by atoms with E-state index < -0.39 is 6.03 Å². The first-order chi connectivity index (χ1) is 7.00. The highest BCUT2D eigenvalue weighted by Crippen LogP contribution is 2.19. The zero-order chi connectivity index (χ0) is 11.4. The third-order valence-corrected chi connectivity index (χ3v) is 2.33. The maximum atomic E-state index is 10.4. The standard InChI is InChI=1S/C10H12ClN3O/c1-6-4-9(11)7(2)3-8(6)5-13-14-10(12)15/h3-5H,1-2H3,(H3,12,14,15). The van der Waals surface area contributed by atoms with Crippen molar-refractivity contribution in [2.24, 2.45) is 10.8 Å². The maximum absolute atomic E-state index is 10.4. The number of benzene rings is 1. The lowest BCUT2D eigenvalue weighted by Crippen LogP contribution is -2.24. The van der Waals surface area contributed by atoms with Crippen LogP contribution >= 0.6 is 11.6 Å². The molecule has 1 rings (SSSR count). The first-order valence-electron chi connectivity index (χ1n) is 4.36. The summed E-state index contributed by atoms with van der Waals surface area (Å²) in [7, 11) is 0. The highest BCUT2D eigenvalue weighted by molar-refractivity contribution is 6.31. The summed E-state index contributed by atoms with van der Waals surface area (Å²) in [6, 6.07) is 3.06. The van der Waals surface area contributed by atoms with Crippen LogP contribution in [0.4, 0.5) is 4.79 Å². The van der Waals surface area contributed by atoms with Crippen molar-refractivity contribution in [2.45, 2.75) is 13.8 Å². The van der Waals surface area contributed by atoms with Crippen LogP contribution in [-0.2, 0) is 0 Å². The molecule has 80 valence electrons. The Kier molecular flexibility index (Phi) is 3.68. The second-order valence-corrected chi connectivity index (χ2v) is 3.60. The van der Waals surface area contributed by atoms with Crippen molar-refractivity contribution >= 4 is 23.8 Å². The first-order valence-corrected chi connectivity index (χ1v) is 4.73. The summed E-state index contributed by atoms with van der Waals surface area (Å²) in [5.74, 6) is 0. The molecule has 3 N–H and O–H groups in total. The molecule has 1 aromatic rings. The van der Waals surface area contributed by atoms with Crippen LogP contribution in [0.25, 0.3) is 0 Å². The molecule has 0 aliphatic rings. The van der Waals surface area contributed by atoms with Gasteiger partial charge < -0.3 is 5.73 Å².